The maximum absolute atomic E-state index is 13.9. The third kappa shape index (κ3) is 4.45. The number of para-hydroxylation sites is 1. The second-order valence-corrected chi connectivity index (χ2v) is 15.2. The van der Waals surface area contributed by atoms with E-state index < -0.39 is 52.0 Å². The molecular weight excluding hydrogens is 636 g/mol. The zero-order chi connectivity index (χ0) is 35.1. The van der Waals surface area contributed by atoms with Crippen molar-refractivity contribution in [1.29, 1.82) is 0 Å². The van der Waals surface area contributed by atoms with Crippen LogP contribution in [0.3, 0.4) is 0 Å². The fourth-order valence-electron chi connectivity index (χ4n) is 12.5. The molecule has 13 atom stereocenters. The molecule has 1 saturated heterocycles. The van der Waals surface area contributed by atoms with E-state index in [2.05, 4.69) is 17.1 Å². The second kappa shape index (κ2) is 12.2. The summed E-state index contributed by atoms with van der Waals surface area (Å²) in [5, 5.41) is 38.2. The van der Waals surface area contributed by atoms with Gasteiger partial charge < -0.3 is 44.3 Å². The van der Waals surface area contributed by atoms with Crippen molar-refractivity contribution in [1.82, 2.24) is 4.90 Å². The monoisotopic (exact) mass is 686 g/mol. The number of methoxy groups -OCH3 is 4. The van der Waals surface area contributed by atoms with Gasteiger partial charge >= 0.3 is 11.9 Å². The lowest BCUT2D eigenvalue weighted by Gasteiger charge is -2.70. The molecule has 1 aromatic carbocycles. The molecule has 7 bridgehead atoms. The van der Waals surface area contributed by atoms with E-state index in [0.717, 1.165) is 6.42 Å². The maximum Gasteiger partial charge on any atom is 0.340 e. The number of likely N-dealkylation sites (tertiary alicyclic amines) is 1. The van der Waals surface area contributed by atoms with Gasteiger partial charge in [-0.2, -0.15) is 0 Å². The van der Waals surface area contributed by atoms with Gasteiger partial charge in [-0.1, -0.05) is 19.1 Å². The first-order chi connectivity index (χ1) is 23.4. The summed E-state index contributed by atoms with van der Waals surface area (Å²) in [6.07, 6.45) is 0.0966. The maximum atomic E-state index is 13.9. The number of carbonyl (C=O) groups excluding carboxylic acids is 2. The zero-order valence-electron chi connectivity index (χ0n) is 28.9. The normalized spacial score (nSPS) is 44.4. The van der Waals surface area contributed by atoms with Crippen LogP contribution in [0, 0.1) is 34.5 Å². The minimum atomic E-state index is -1.70. The Morgan fingerprint density at radius 3 is 2.43 bits per heavy atom. The largest absolute Gasteiger partial charge is 0.481 e. The highest BCUT2D eigenvalue weighted by molar-refractivity contribution is 6.01. The highest BCUT2D eigenvalue weighted by atomic mass is 16.5. The third-order valence-corrected chi connectivity index (χ3v) is 13.8. The van der Waals surface area contributed by atoms with Crippen LogP contribution in [-0.4, -0.2) is 128 Å². The number of ether oxygens (including phenoxy) is 5. The number of carboxylic acid groups (broad SMARTS) is 1. The number of carbonyl (C=O) groups is 3. The fourth-order valence-corrected chi connectivity index (χ4v) is 12.5. The van der Waals surface area contributed by atoms with Gasteiger partial charge in [0.15, 0.2) is 0 Å². The molecule has 5 saturated carbocycles. The van der Waals surface area contributed by atoms with Crippen molar-refractivity contribution in [3.05, 3.63) is 29.8 Å². The van der Waals surface area contributed by atoms with Crippen molar-refractivity contribution in [3.8, 4) is 0 Å². The van der Waals surface area contributed by atoms with Crippen LogP contribution < -0.4 is 5.32 Å². The quantitative estimate of drug-likeness (QED) is 0.236. The van der Waals surface area contributed by atoms with Crippen molar-refractivity contribution >= 4 is 23.5 Å². The van der Waals surface area contributed by atoms with Gasteiger partial charge in [0.25, 0.3) is 0 Å². The van der Waals surface area contributed by atoms with Gasteiger partial charge in [0.1, 0.15) is 11.2 Å². The summed E-state index contributed by atoms with van der Waals surface area (Å²) < 4.78 is 31.2. The molecular formula is C36H50N2O11. The van der Waals surface area contributed by atoms with E-state index in [1.165, 1.54) is 0 Å². The van der Waals surface area contributed by atoms with Crippen molar-refractivity contribution in [2.24, 2.45) is 34.5 Å². The number of benzene rings is 1. The Balaban J connectivity index is 1.29. The standard InChI is InChI=1S/C36H50N2O11/c1-6-38-17-33(18-49-31(42)19-9-7-8-10-22(19)37-25(39)11-12-26(40)41)14-13-24(46-3)35-21-15-20-23(45-2)16-34(43,27(21)28(20)47-4)36(44,32(35)38)30(48-5)29(33)35/h7-10,20-21,23-24,27-30,32,43-44H,6,11-18H2,1-5H3,(H,37,39)(H,40,41)/t20?,21-,23+,24+,27-,28+,29-,30+,32?,33+,34-,35?,36?/m1/s1. The average Bonchev–Trinajstić information content (AvgIpc) is 3.51. The lowest BCUT2D eigenvalue weighted by Crippen LogP contribution is -2.82. The van der Waals surface area contributed by atoms with Gasteiger partial charge in [0.2, 0.25) is 5.91 Å². The summed E-state index contributed by atoms with van der Waals surface area (Å²) >= 11 is 0. The number of aliphatic hydroxyl groups is 2. The van der Waals surface area contributed by atoms with Crippen LogP contribution in [0.4, 0.5) is 5.69 Å². The van der Waals surface area contributed by atoms with Crippen LogP contribution >= 0.6 is 0 Å². The topological polar surface area (TPSA) is 173 Å². The minimum absolute atomic E-state index is 0.0305. The Bertz CT molecular complexity index is 1490. The Morgan fingerprint density at radius 2 is 1.78 bits per heavy atom. The summed E-state index contributed by atoms with van der Waals surface area (Å²) in [7, 11) is 6.66. The number of fused-ring (bicyclic) bond motifs is 2. The molecule has 13 heteroatoms. The van der Waals surface area contributed by atoms with Gasteiger partial charge in [-0.25, -0.2) is 4.79 Å². The van der Waals surface area contributed by atoms with E-state index in [0.29, 0.717) is 25.9 Å². The number of hydrogen-bond donors (Lipinski definition) is 4. The molecule has 1 spiro atoms. The van der Waals surface area contributed by atoms with E-state index in [1.807, 2.05) is 0 Å². The molecule has 4 unspecified atom stereocenters. The minimum Gasteiger partial charge on any atom is -0.481 e. The van der Waals surface area contributed by atoms with Crippen molar-refractivity contribution in [2.75, 3.05) is 53.5 Å². The Hall–Kier alpha value is -2.65. The van der Waals surface area contributed by atoms with Crippen LogP contribution in [0.5, 0.6) is 0 Å². The number of anilines is 1. The van der Waals surface area contributed by atoms with Crippen LogP contribution in [0.2, 0.25) is 0 Å². The highest BCUT2D eigenvalue weighted by Crippen LogP contribution is 2.80. The molecule has 1 aromatic rings. The first-order valence-electron chi connectivity index (χ1n) is 17.5. The molecule has 0 aromatic heterocycles. The molecule has 1 aliphatic heterocycles. The number of nitrogens with one attached hydrogen (secondary N) is 1. The number of esters is 1. The summed E-state index contributed by atoms with van der Waals surface area (Å²) in [5.74, 6) is -2.97. The van der Waals surface area contributed by atoms with Gasteiger partial charge in [0, 0.05) is 76.4 Å². The summed E-state index contributed by atoms with van der Waals surface area (Å²) in [4.78, 5) is 39.6. The number of rotatable bonds is 12. The molecule has 4 N–H and O–H groups in total. The second-order valence-electron chi connectivity index (χ2n) is 15.2. The molecule has 13 nitrogen and oxygen atoms in total. The number of aliphatic carboxylic acids is 1. The van der Waals surface area contributed by atoms with Crippen LogP contribution in [0.1, 0.15) is 55.8 Å². The fraction of sp³-hybridized carbons (Fsp3) is 0.750. The van der Waals surface area contributed by atoms with Gasteiger partial charge in [-0.3, -0.25) is 14.5 Å². The Morgan fingerprint density at radius 1 is 1.02 bits per heavy atom. The molecule has 1 amide bonds. The first kappa shape index (κ1) is 34.8. The number of likely N-dealkylation sites (N-methyl/N-ethyl adjacent to an activating group) is 1. The van der Waals surface area contributed by atoms with Gasteiger partial charge in [-0.05, 0) is 43.9 Å². The average molecular weight is 687 g/mol. The number of hydrogen-bond acceptors (Lipinski definition) is 11. The van der Waals surface area contributed by atoms with Crippen LogP contribution in [-0.2, 0) is 33.3 Å². The SMILES string of the molecule is CCN1C[C@]2(COC(=O)c3ccccc3NC(=O)CCC(=O)O)CC[C@H](OC)C34C1C(O)([C@@H](OC)[C@@H]32)[C@@]1(O)C[C@H](OC)C2C[C@@H]4[C@@H]1[C@H]2OC. The molecule has 6 fully saturated rings. The van der Waals surface area contributed by atoms with Gasteiger partial charge in [0.05, 0.1) is 54.7 Å². The van der Waals surface area contributed by atoms with E-state index in [4.69, 9.17) is 28.8 Å². The smallest absolute Gasteiger partial charge is 0.340 e. The summed E-state index contributed by atoms with van der Waals surface area (Å²) in [5.41, 5.74) is -4.18. The number of amides is 1. The number of carboxylic acids is 1. The zero-order valence-corrected chi connectivity index (χ0v) is 28.9. The summed E-state index contributed by atoms with van der Waals surface area (Å²) in [6, 6.07) is 6.04. The molecule has 1 heterocycles. The third-order valence-electron chi connectivity index (χ3n) is 13.8. The first-order valence-corrected chi connectivity index (χ1v) is 17.5. The molecule has 49 heavy (non-hydrogen) atoms. The van der Waals surface area contributed by atoms with E-state index in [1.54, 1.807) is 52.7 Å². The Kier molecular flexibility index (Phi) is 8.69. The molecule has 5 aliphatic carbocycles. The van der Waals surface area contributed by atoms with Crippen molar-refractivity contribution in [2.45, 2.75) is 87.1 Å². The van der Waals surface area contributed by atoms with Crippen molar-refractivity contribution in [3.63, 3.8) is 0 Å². The molecule has 6 aliphatic rings. The predicted octanol–water partition coefficient (Wildman–Crippen LogP) is 1.94. The number of nitrogens with zero attached hydrogens (tertiary/aromatic N) is 1. The number of piperidine rings is 1. The van der Waals surface area contributed by atoms with Gasteiger partial charge in [-0.15, -0.1) is 0 Å². The van der Waals surface area contributed by atoms with E-state index in [-0.39, 0.29) is 79.1 Å². The van der Waals surface area contributed by atoms with Crippen molar-refractivity contribution < 1.29 is 53.4 Å². The predicted molar refractivity (Wildman–Crippen MR) is 174 cm³/mol. The van der Waals surface area contributed by atoms with E-state index >= 15 is 0 Å². The molecule has 270 valence electrons. The van der Waals surface area contributed by atoms with Crippen LogP contribution in [0.15, 0.2) is 24.3 Å². The van der Waals surface area contributed by atoms with Crippen LogP contribution in [0.25, 0.3) is 0 Å². The lowest BCUT2D eigenvalue weighted by atomic mass is 9.42. The van der Waals surface area contributed by atoms with E-state index in [9.17, 15) is 24.6 Å². The lowest BCUT2D eigenvalue weighted by molar-refractivity contribution is -0.320. The molecule has 0 radical (unpaired) electrons. The summed E-state index contributed by atoms with van der Waals surface area (Å²) in [6.45, 7) is 3.20. The highest BCUT2D eigenvalue weighted by Gasteiger charge is 2.91. The Labute approximate surface area is 286 Å². The molecule has 7 rings (SSSR count).